The summed E-state index contributed by atoms with van der Waals surface area (Å²) in [5, 5.41) is 4.23. The van der Waals surface area contributed by atoms with Crippen LogP contribution in [-0.4, -0.2) is 30.6 Å². The van der Waals surface area contributed by atoms with Gasteiger partial charge < -0.3 is 5.32 Å². The van der Waals surface area contributed by atoms with Gasteiger partial charge >= 0.3 is 0 Å². The molecule has 2 atom stereocenters. The van der Waals surface area contributed by atoms with E-state index in [9.17, 15) is 0 Å². The maximum Gasteiger partial charge on any atom is 0.0426 e. The number of nitrogens with zero attached hydrogens (tertiary/aromatic N) is 1. The summed E-state index contributed by atoms with van der Waals surface area (Å²) in [6.45, 7) is 8.03. The summed E-state index contributed by atoms with van der Waals surface area (Å²) in [7, 11) is 0. The Balaban J connectivity index is 1.75. The van der Waals surface area contributed by atoms with E-state index < -0.39 is 0 Å². The molecule has 0 aliphatic carbocycles. The number of hydrogen-bond donors (Lipinski definition) is 1. The first-order chi connectivity index (χ1) is 8.65. The second-order valence-electron chi connectivity index (χ2n) is 5.45. The van der Waals surface area contributed by atoms with Crippen LogP contribution in [0.15, 0.2) is 24.3 Å². The largest absolute Gasteiger partial charge is 0.384 e. The molecule has 18 heavy (non-hydrogen) atoms. The molecule has 0 aromatic heterocycles. The minimum Gasteiger partial charge on any atom is -0.384 e. The molecule has 1 heterocycles. The highest BCUT2D eigenvalue weighted by Crippen LogP contribution is 2.21. The molecule has 1 aromatic carbocycles. The highest BCUT2D eigenvalue weighted by molar-refractivity contribution is 6.30. The van der Waals surface area contributed by atoms with Gasteiger partial charge in [0.25, 0.3) is 0 Å². The van der Waals surface area contributed by atoms with Crippen LogP contribution in [0.3, 0.4) is 0 Å². The number of nitrogens with one attached hydrogen (secondary N) is 1. The molecule has 0 amide bonds. The lowest BCUT2D eigenvalue weighted by molar-refractivity contribution is 0.135. The van der Waals surface area contributed by atoms with E-state index in [4.69, 9.17) is 11.6 Å². The molecule has 2 unspecified atom stereocenters. The fraction of sp³-hybridized carbons (Fsp3) is 0.600. The molecule has 0 spiro atoms. The van der Waals surface area contributed by atoms with Crippen LogP contribution in [0.4, 0.5) is 5.69 Å². The van der Waals surface area contributed by atoms with Crippen molar-refractivity contribution in [1.82, 2.24) is 4.90 Å². The van der Waals surface area contributed by atoms with Crippen molar-refractivity contribution >= 4 is 17.3 Å². The lowest BCUT2D eigenvalue weighted by Gasteiger charge is -2.36. The molecule has 0 radical (unpaired) electrons. The average Bonchev–Trinajstić information content (AvgIpc) is 2.32. The van der Waals surface area contributed by atoms with Crippen LogP contribution in [0.2, 0.25) is 5.02 Å². The summed E-state index contributed by atoms with van der Waals surface area (Å²) in [6, 6.07) is 8.64. The van der Waals surface area contributed by atoms with Gasteiger partial charge in [-0.1, -0.05) is 24.6 Å². The maximum atomic E-state index is 5.96. The van der Waals surface area contributed by atoms with Crippen LogP contribution in [0.25, 0.3) is 0 Å². The van der Waals surface area contributed by atoms with Crippen LogP contribution in [0.5, 0.6) is 0 Å². The van der Waals surface area contributed by atoms with E-state index in [2.05, 4.69) is 30.1 Å². The minimum atomic E-state index is 0.718. The summed E-state index contributed by atoms with van der Waals surface area (Å²) in [6.07, 6.45) is 2.67. The monoisotopic (exact) mass is 266 g/mol. The molecule has 1 aliphatic heterocycles. The molecule has 2 rings (SSSR count). The third kappa shape index (κ3) is 3.89. The summed E-state index contributed by atoms with van der Waals surface area (Å²) in [5.41, 5.74) is 1.11. The average molecular weight is 267 g/mol. The highest BCUT2D eigenvalue weighted by atomic mass is 35.5. The number of hydrogen-bond acceptors (Lipinski definition) is 2. The zero-order chi connectivity index (χ0) is 13.0. The predicted molar refractivity (Wildman–Crippen MR) is 79.4 cm³/mol. The van der Waals surface area contributed by atoms with Crippen molar-refractivity contribution in [3.8, 4) is 0 Å². The molecule has 3 heteroatoms. The number of rotatable bonds is 4. The lowest BCUT2D eigenvalue weighted by atomic mass is 9.93. The van der Waals surface area contributed by atoms with Crippen LogP contribution >= 0.6 is 11.6 Å². The molecular formula is C15H23ClN2. The molecule has 100 valence electrons. The first kappa shape index (κ1) is 13.7. The van der Waals surface area contributed by atoms with Crippen molar-refractivity contribution in [3.63, 3.8) is 0 Å². The van der Waals surface area contributed by atoms with Gasteiger partial charge in [-0.25, -0.2) is 0 Å². The Morgan fingerprint density at radius 2 is 2.22 bits per heavy atom. The molecule has 0 bridgehead atoms. The molecule has 1 fully saturated rings. The first-order valence-electron chi connectivity index (χ1n) is 6.88. The third-order valence-corrected chi connectivity index (χ3v) is 4.06. The summed E-state index contributed by atoms with van der Waals surface area (Å²) < 4.78 is 0. The Kier molecular flexibility index (Phi) is 4.90. The van der Waals surface area contributed by atoms with Gasteiger partial charge in [0, 0.05) is 29.8 Å². The molecule has 2 nitrogen and oxygen atoms in total. The van der Waals surface area contributed by atoms with Gasteiger partial charge in [0.2, 0.25) is 0 Å². The topological polar surface area (TPSA) is 15.3 Å². The van der Waals surface area contributed by atoms with E-state index >= 15 is 0 Å². The summed E-state index contributed by atoms with van der Waals surface area (Å²) in [5.74, 6) is 0.886. The number of halogens is 1. The number of benzene rings is 1. The molecule has 1 saturated heterocycles. The Morgan fingerprint density at radius 3 is 2.94 bits per heavy atom. The van der Waals surface area contributed by atoms with Crippen molar-refractivity contribution in [2.75, 3.05) is 25.0 Å². The normalized spacial score (nSPS) is 25.1. The van der Waals surface area contributed by atoms with Gasteiger partial charge in [-0.05, 0) is 50.4 Å². The molecule has 1 aromatic rings. The van der Waals surface area contributed by atoms with Crippen molar-refractivity contribution < 1.29 is 0 Å². The minimum absolute atomic E-state index is 0.718. The number of piperidine rings is 1. The second kappa shape index (κ2) is 6.44. The lowest BCUT2D eigenvalue weighted by Crippen LogP contribution is -2.42. The number of anilines is 1. The SMILES string of the molecule is CC1CCN(CCNc2cccc(Cl)c2)C(C)C1. The van der Waals surface area contributed by atoms with Crippen molar-refractivity contribution in [1.29, 1.82) is 0 Å². The summed E-state index contributed by atoms with van der Waals surface area (Å²) in [4.78, 5) is 2.58. The Labute approximate surface area is 115 Å². The molecule has 1 N–H and O–H groups in total. The Hall–Kier alpha value is -0.730. The van der Waals surface area contributed by atoms with Crippen molar-refractivity contribution in [2.45, 2.75) is 32.7 Å². The van der Waals surface area contributed by atoms with Crippen LogP contribution in [0.1, 0.15) is 26.7 Å². The van der Waals surface area contributed by atoms with Gasteiger partial charge in [0.15, 0.2) is 0 Å². The second-order valence-corrected chi connectivity index (χ2v) is 5.89. The highest BCUT2D eigenvalue weighted by Gasteiger charge is 2.21. The van der Waals surface area contributed by atoms with Crippen LogP contribution in [0, 0.1) is 5.92 Å². The third-order valence-electron chi connectivity index (χ3n) is 3.83. The Bertz CT molecular complexity index is 381. The van der Waals surface area contributed by atoms with E-state index in [1.54, 1.807) is 0 Å². The standard InChI is InChI=1S/C15H23ClN2/c1-12-6-8-18(13(2)10-12)9-7-17-15-5-3-4-14(16)11-15/h3-5,11-13,17H,6-10H2,1-2H3. The van der Waals surface area contributed by atoms with Crippen LogP contribution < -0.4 is 5.32 Å². The van der Waals surface area contributed by atoms with E-state index in [1.165, 1.54) is 19.4 Å². The van der Waals surface area contributed by atoms with Gasteiger partial charge in [-0.15, -0.1) is 0 Å². The molecular weight excluding hydrogens is 244 g/mol. The fourth-order valence-corrected chi connectivity index (χ4v) is 2.92. The number of likely N-dealkylation sites (tertiary alicyclic amines) is 1. The summed E-state index contributed by atoms with van der Waals surface area (Å²) >= 11 is 5.96. The van der Waals surface area contributed by atoms with E-state index in [0.29, 0.717) is 0 Å². The van der Waals surface area contributed by atoms with Gasteiger partial charge in [-0.3, -0.25) is 4.90 Å². The predicted octanol–water partition coefficient (Wildman–Crippen LogP) is 3.87. The van der Waals surface area contributed by atoms with E-state index in [1.807, 2.05) is 18.2 Å². The first-order valence-corrected chi connectivity index (χ1v) is 7.26. The zero-order valence-corrected chi connectivity index (χ0v) is 12.1. The van der Waals surface area contributed by atoms with E-state index in [0.717, 1.165) is 35.8 Å². The van der Waals surface area contributed by atoms with Gasteiger partial charge in [0.1, 0.15) is 0 Å². The van der Waals surface area contributed by atoms with Gasteiger partial charge in [-0.2, -0.15) is 0 Å². The fourth-order valence-electron chi connectivity index (χ4n) is 2.73. The molecule has 1 aliphatic rings. The zero-order valence-electron chi connectivity index (χ0n) is 11.3. The van der Waals surface area contributed by atoms with Crippen molar-refractivity contribution in [3.05, 3.63) is 29.3 Å². The smallest absolute Gasteiger partial charge is 0.0426 e. The Morgan fingerprint density at radius 1 is 1.39 bits per heavy atom. The van der Waals surface area contributed by atoms with Crippen molar-refractivity contribution in [2.24, 2.45) is 5.92 Å². The maximum absolute atomic E-state index is 5.96. The molecule has 0 saturated carbocycles. The van der Waals surface area contributed by atoms with Crippen LogP contribution in [-0.2, 0) is 0 Å². The quantitative estimate of drug-likeness (QED) is 0.890. The van der Waals surface area contributed by atoms with Gasteiger partial charge in [0.05, 0.1) is 0 Å². The van der Waals surface area contributed by atoms with E-state index in [-0.39, 0.29) is 0 Å².